The Kier molecular flexibility index (Phi) is 4.50. The predicted molar refractivity (Wildman–Crippen MR) is 74.6 cm³/mol. The van der Waals surface area contributed by atoms with Gasteiger partial charge in [0, 0.05) is 52.7 Å². The van der Waals surface area contributed by atoms with Crippen LogP contribution in [-0.4, -0.2) is 72.4 Å². The van der Waals surface area contributed by atoms with Crippen molar-refractivity contribution >= 4 is 5.91 Å². The molecule has 0 radical (unpaired) electrons. The zero-order valence-electron chi connectivity index (χ0n) is 11.9. The van der Waals surface area contributed by atoms with Gasteiger partial charge in [-0.2, -0.15) is 0 Å². The van der Waals surface area contributed by atoms with Crippen LogP contribution in [0, 0.1) is 0 Å². The van der Waals surface area contributed by atoms with Crippen molar-refractivity contribution in [3.63, 3.8) is 0 Å². The fraction of sp³-hybridized carbons (Fsp3) is 0.571. The second-order valence-electron chi connectivity index (χ2n) is 5.34. The normalized spacial score (nSPS) is 21.3. The zero-order valence-corrected chi connectivity index (χ0v) is 11.9. The number of piperazine rings is 1. The van der Waals surface area contributed by atoms with E-state index in [0.29, 0.717) is 0 Å². The highest BCUT2D eigenvalue weighted by Crippen LogP contribution is 2.14. The Morgan fingerprint density at radius 3 is 2.68 bits per heavy atom. The van der Waals surface area contributed by atoms with Gasteiger partial charge in [0.05, 0.1) is 0 Å². The Morgan fingerprint density at radius 1 is 1.37 bits per heavy atom. The third kappa shape index (κ3) is 3.52. The first-order valence-corrected chi connectivity index (χ1v) is 6.60. The van der Waals surface area contributed by atoms with Crippen LogP contribution >= 0.6 is 0 Å². The molecule has 19 heavy (non-hydrogen) atoms. The van der Waals surface area contributed by atoms with E-state index < -0.39 is 0 Å². The van der Waals surface area contributed by atoms with E-state index in [4.69, 9.17) is 0 Å². The molecule has 104 valence electrons. The van der Waals surface area contributed by atoms with Crippen LogP contribution in [0.5, 0.6) is 0 Å². The second kappa shape index (κ2) is 6.12. The first kappa shape index (κ1) is 14.0. The molecular formula is C14H22N4O. The van der Waals surface area contributed by atoms with Crippen molar-refractivity contribution < 1.29 is 4.79 Å². The lowest BCUT2D eigenvalue weighted by Crippen LogP contribution is -2.57. The molecule has 1 amide bonds. The van der Waals surface area contributed by atoms with Gasteiger partial charge >= 0.3 is 0 Å². The van der Waals surface area contributed by atoms with Crippen LogP contribution < -0.4 is 0 Å². The van der Waals surface area contributed by atoms with E-state index in [1.165, 1.54) is 5.56 Å². The summed E-state index contributed by atoms with van der Waals surface area (Å²) >= 11 is 0. The Hall–Kier alpha value is -1.46. The zero-order chi connectivity index (χ0) is 13.8. The Labute approximate surface area is 114 Å². The maximum Gasteiger partial charge on any atom is 0.240 e. The Balaban J connectivity index is 2.10. The lowest BCUT2D eigenvalue weighted by molar-refractivity contribution is -0.137. The summed E-state index contributed by atoms with van der Waals surface area (Å²) in [7, 11) is 5.71. The molecule has 1 aromatic heterocycles. The molecule has 0 aliphatic carbocycles. The SMILES string of the molecule is CN1CCN(Cc2ccncc2)[C@@H](C(=O)N(C)C)C1. The molecule has 0 bridgehead atoms. The fourth-order valence-electron chi connectivity index (χ4n) is 2.40. The van der Waals surface area contributed by atoms with Crippen molar-refractivity contribution in [2.75, 3.05) is 40.8 Å². The van der Waals surface area contributed by atoms with Crippen LogP contribution in [0.3, 0.4) is 0 Å². The van der Waals surface area contributed by atoms with Gasteiger partial charge in [0.15, 0.2) is 0 Å². The summed E-state index contributed by atoms with van der Waals surface area (Å²) in [6.45, 7) is 3.52. The lowest BCUT2D eigenvalue weighted by atomic mass is 10.1. The van der Waals surface area contributed by atoms with Crippen LogP contribution in [-0.2, 0) is 11.3 Å². The average molecular weight is 262 g/mol. The minimum atomic E-state index is -0.0538. The molecule has 1 aliphatic rings. The maximum atomic E-state index is 12.3. The minimum Gasteiger partial charge on any atom is -0.347 e. The molecule has 5 heteroatoms. The van der Waals surface area contributed by atoms with Crippen molar-refractivity contribution in [2.24, 2.45) is 0 Å². The van der Waals surface area contributed by atoms with Crippen molar-refractivity contribution in [2.45, 2.75) is 12.6 Å². The van der Waals surface area contributed by atoms with Gasteiger partial charge in [-0.05, 0) is 24.7 Å². The molecule has 1 saturated heterocycles. The molecule has 1 aromatic rings. The number of amides is 1. The average Bonchev–Trinajstić information content (AvgIpc) is 2.41. The highest BCUT2D eigenvalue weighted by Gasteiger charge is 2.31. The molecule has 0 saturated carbocycles. The molecule has 1 atom stereocenters. The summed E-state index contributed by atoms with van der Waals surface area (Å²) in [6, 6.07) is 3.97. The van der Waals surface area contributed by atoms with E-state index in [9.17, 15) is 4.79 Å². The van der Waals surface area contributed by atoms with E-state index >= 15 is 0 Å². The first-order chi connectivity index (χ1) is 9.08. The number of carbonyl (C=O) groups is 1. The van der Waals surface area contributed by atoms with Crippen LogP contribution in [0.2, 0.25) is 0 Å². The molecule has 5 nitrogen and oxygen atoms in total. The quantitative estimate of drug-likeness (QED) is 0.785. The van der Waals surface area contributed by atoms with E-state index in [1.807, 2.05) is 26.2 Å². The van der Waals surface area contributed by atoms with Crippen LogP contribution in [0.1, 0.15) is 5.56 Å². The number of nitrogens with zero attached hydrogens (tertiary/aromatic N) is 4. The third-order valence-corrected chi connectivity index (χ3v) is 3.56. The summed E-state index contributed by atoms with van der Waals surface area (Å²) < 4.78 is 0. The van der Waals surface area contributed by atoms with Gasteiger partial charge in [-0.1, -0.05) is 0 Å². The summed E-state index contributed by atoms with van der Waals surface area (Å²) in [4.78, 5) is 22.5. The van der Waals surface area contributed by atoms with E-state index in [2.05, 4.69) is 21.8 Å². The van der Waals surface area contributed by atoms with Gasteiger partial charge in [0.1, 0.15) is 6.04 Å². The van der Waals surface area contributed by atoms with Crippen LogP contribution in [0.25, 0.3) is 0 Å². The van der Waals surface area contributed by atoms with E-state index in [1.54, 1.807) is 17.3 Å². The van der Waals surface area contributed by atoms with Crippen molar-refractivity contribution in [3.8, 4) is 0 Å². The second-order valence-corrected chi connectivity index (χ2v) is 5.34. The molecule has 1 aliphatic heterocycles. The smallest absolute Gasteiger partial charge is 0.240 e. The highest BCUT2D eigenvalue weighted by atomic mass is 16.2. The summed E-state index contributed by atoms with van der Waals surface area (Å²) in [5.74, 6) is 0.181. The predicted octanol–water partition coefficient (Wildman–Crippen LogP) is 0.286. The lowest BCUT2D eigenvalue weighted by Gasteiger charge is -2.40. The van der Waals surface area contributed by atoms with Gasteiger partial charge in [0.2, 0.25) is 5.91 Å². The van der Waals surface area contributed by atoms with Crippen molar-refractivity contribution in [1.82, 2.24) is 19.7 Å². The number of hydrogen-bond donors (Lipinski definition) is 0. The van der Waals surface area contributed by atoms with Crippen LogP contribution in [0.15, 0.2) is 24.5 Å². The van der Waals surface area contributed by atoms with Gasteiger partial charge in [0.25, 0.3) is 0 Å². The molecule has 0 N–H and O–H groups in total. The number of likely N-dealkylation sites (N-methyl/N-ethyl adjacent to an activating group) is 2. The van der Waals surface area contributed by atoms with Crippen molar-refractivity contribution in [3.05, 3.63) is 30.1 Å². The van der Waals surface area contributed by atoms with Crippen molar-refractivity contribution in [1.29, 1.82) is 0 Å². The molecule has 0 spiro atoms. The third-order valence-electron chi connectivity index (χ3n) is 3.56. The number of hydrogen-bond acceptors (Lipinski definition) is 4. The van der Waals surface area contributed by atoms with E-state index in [0.717, 1.165) is 26.2 Å². The largest absolute Gasteiger partial charge is 0.347 e. The molecule has 2 heterocycles. The molecule has 0 aromatic carbocycles. The Bertz CT molecular complexity index is 421. The number of pyridine rings is 1. The van der Waals surface area contributed by atoms with Gasteiger partial charge < -0.3 is 9.80 Å². The van der Waals surface area contributed by atoms with Gasteiger partial charge in [-0.25, -0.2) is 0 Å². The van der Waals surface area contributed by atoms with Gasteiger partial charge in [-0.3, -0.25) is 14.7 Å². The molecule has 1 fully saturated rings. The Morgan fingerprint density at radius 2 is 2.05 bits per heavy atom. The first-order valence-electron chi connectivity index (χ1n) is 6.60. The molecular weight excluding hydrogens is 240 g/mol. The summed E-state index contributed by atoms with van der Waals surface area (Å²) in [5, 5.41) is 0. The number of rotatable bonds is 3. The molecule has 2 rings (SSSR count). The number of aromatic nitrogens is 1. The monoisotopic (exact) mass is 262 g/mol. The minimum absolute atomic E-state index is 0.0538. The molecule has 0 unspecified atom stereocenters. The highest BCUT2D eigenvalue weighted by molar-refractivity contribution is 5.81. The summed E-state index contributed by atoms with van der Waals surface area (Å²) in [6.07, 6.45) is 3.60. The summed E-state index contributed by atoms with van der Waals surface area (Å²) in [5.41, 5.74) is 1.20. The topological polar surface area (TPSA) is 39.7 Å². The number of carbonyl (C=O) groups excluding carboxylic acids is 1. The van der Waals surface area contributed by atoms with Gasteiger partial charge in [-0.15, -0.1) is 0 Å². The maximum absolute atomic E-state index is 12.3. The fourth-order valence-corrected chi connectivity index (χ4v) is 2.40. The van der Waals surface area contributed by atoms with Crippen LogP contribution in [0.4, 0.5) is 0 Å². The van der Waals surface area contributed by atoms with E-state index in [-0.39, 0.29) is 11.9 Å². The standard InChI is InChI=1S/C14H22N4O/c1-16(2)14(19)13-11-17(3)8-9-18(13)10-12-4-6-15-7-5-12/h4-7,13H,8-11H2,1-3H3/t13-/m1/s1.